The van der Waals surface area contributed by atoms with E-state index < -0.39 is 5.97 Å². The Morgan fingerprint density at radius 3 is 2.94 bits per heavy atom. The van der Waals surface area contributed by atoms with Gasteiger partial charge in [-0.25, -0.2) is 9.78 Å². The molecule has 0 aliphatic rings. The Balaban J connectivity index is 2.57. The molecule has 0 saturated carbocycles. The summed E-state index contributed by atoms with van der Waals surface area (Å²) in [7, 11) is 1.61. The maximum absolute atomic E-state index is 10.5. The molecule has 0 saturated heterocycles. The molecular formula is C13H14N2O3. The van der Waals surface area contributed by atoms with Crippen LogP contribution in [0.4, 0.5) is 0 Å². The molecule has 0 amide bonds. The minimum atomic E-state index is -0.984. The van der Waals surface area contributed by atoms with E-state index in [1.807, 2.05) is 29.7 Å². The van der Waals surface area contributed by atoms with Crippen molar-refractivity contribution in [3.8, 4) is 5.75 Å². The van der Waals surface area contributed by atoms with Gasteiger partial charge in [-0.3, -0.25) is 0 Å². The highest BCUT2D eigenvalue weighted by Crippen LogP contribution is 2.22. The molecular weight excluding hydrogens is 232 g/mol. The molecule has 5 nitrogen and oxygen atoms in total. The summed E-state index contributed by atoms with van der Waals surface area (Å²) >= 11 is 0. The Kier molecular flexibility index (Phi) is 3.32. The van der Waals surface area contributed by atoms with Gasteiger partial charge in [-0.05, 0) is 25.1 Å². The summed E-state index contributed by atoms with van der Waals surface area (Å²) in [6.45, 7) is 2.70. The van der Waals surface area contributed by atoms with E-state index in [0.717, 1.165) is 22.9 Å². The van der Waals surface area contributed by atoms with Crippen molar-refractivity contribution in [1.29, 1.82) is 0 Å². The first-order valence-electron chi connectivity index (χ1n) is 5.61. The summed E-state index contributed by atoms with van der Waals surface area (Å²) < 4.78 is 7.12. The third-order valence-corrected chi connectivity index (χ3v) is 2.68. The van der Waals surface area contributed by atoms with E-state index in [1.165, 1.54) is 6.08 Å². The quantitative estimate of drug-likeness (QED) is 0.840. The molecule has 0 fully saturated rings. The van der Waals surface area contributed by atoms with Crippen LogP contribution >= 0.6 is 0 Å². The minimum Gasteiger partial charge on any atom is -0.497 e. The maximum Gasteiger partial charge on any atom is 0.328 e. The van der Waals surface area contributed by atoms with Crippen LogP contribution < -0.4 is 4.74 Å². The van der Waals surface area contributed by atoms with Crippen molar-refractivity contribution in [2.45, 2.75) is 13.5 Å². The number of hydrogen-bond acceptors (Lipinski definition) is 3. The van der Waals surface area contributed by atoms with Crippen molar-refractivity contribution in [2.75, 3.05) is 7.11 Å². The summed E-state index contributed by atoms with van der Waals surface area (Å²) in [5.74, 6) is 0.399. The van der Waals surface area contributed by atoms with Gasteiger partial charge in [0.15, 0.2) is 0 Å². The van der Waals surface area contributed by atoms with Gasteiger partial charge in [0, 0.05) is 18.7 Å². The molecule has 0 radical (unpaired) electrons. The monoisotopic (exact) mass is 246 g/mol. The van der Waals surface area contributed by atoms with E-state index in [4.69, 9.17) is 9.84 Å². The number of rotatable bonds is 4. The average Bonchev–Trinajstić information content (AvgIpc) is 2.72. The topological polar surface area (TPSA) is 64.4 Å². The number of imidazole rings is 1. The van der Waals surface area contributed by atoms with E-state index >= 15 is 0 Å². The molecule has 18 heavy (non-hydrogen) atoms. The molecule has 0 spiro atoms. The summed E-state index contributed by atoms with van der Waals surface area (Å²) in [5.41, 5.74) is 1.75. The van der Waals surface area contributed by atoms with Crippen LogP contribution in [0.5, 0.6) is 5.75 Å². The summed E-state index contributed by atoms with van der Waals surface area (Å²) in [6.07, 6.45) is 2.59. The zero-order valence-corrected chi connectivity index (χ0v) is 10.3. The average molecular weight is 246 g/mol. The number of aromatic nitrogens is 2. The molecule has 2 rings (SSSR count). The van der Waals surface area contributed by atoms with Gasteiger partial charge in [-0.15, -0.1) is 0 Å². The summed E-state index contributed by atoms with van der Waals surface area (Å²) in [5, 5.41) is 8.65. The van der Waals surface area contributed by atoms with Crippen LogP contribution in [0.15, 0.2) is 24.3 Å². The highest BCUT2D eigenvalue weighted by atomic mass is 16.5. The van der Waals surface area contributed by atoms with E-state index in [1.54, 1.807) is 7.11 Å². The number of carbonyl (C=O) groups is 1. The summed E-state index contributed by atoms with van der Waals surface area (Å²) in [4.78, 5) is 14.9. The van der Waals surface area contributed by atoms with Crippen LogP contribution in [0.25, 0.3) is 17.1 Å². The fourth-order valence-electron chi connectivity index (χ4n) is 1.85. The SMILES string of the molecule is CCn1c(/C=C/C(=O)O)nc2ccc(OC)cc21. The van der Waals surface area contributed by atoms with Gasteiger partial charge in [-0.1, -0.05) is 0 Å². The zero-order chi connectivity index (χ0) is 13.1. The molecule has 94 valence electrons. The Labute approximate surface area is 104 Å². The van der Waals surface area contributed by atoms with Gasteiger partial charge in [0.05, 0.1) is 18.1 Å². The van der Waals surface area contributed by atoms with Gasteiger partial charge in [-0.2, -0.15) is 0 Å². The minimum absolute atomic E-state index is 0.628. The molecule has 0 aliphatic carbocycles. The lowest BCUT2D eigenvalue weighted by Gasteiger charge is -2.03. The predicted molar refractivity (Wildman–Crippen MR) is 68.6 cm³/mol. The number of hydrogen-bond donors (Lipinski definition) is 1. The van der Waals surface area contributed by atoms with Crippen LogP contribution in [-0.2, 0) is 11.3 Å². The highest BCUT2D eigenvalue weighted by Gasteiger charge is 2.08. The Bertz CT molecular complexity index is 614. The molecule has 0 aliphatic heterocycles. The van der Waals surface area contributed by atoms with Crippen molar-refractivity contribution >= 4 is 23.1 Å². The van der Waals surface area contributed by atoms with E-state index in [9.17, 15) is 4.79 Å². The molecule has 2 aromatic rings. The van der Waals surface area contributed by atoms with Crippen molar-refractivity contribution in [3.63, 3.8) is 0 Å². The molecule has 5 heteroatoms. The Morgan fingerprint density at radius 1 is 1.56 bits per heavy atom. The lowest BCUT2D eigenvalue weighted by Crippen LogP contribution is -1.98. The number of carboxylic acids is 1. The number of aliphatic carboxylic acids is 1. The van der Waals surface area contributed by atoms with Gasteiger partial charge in [0.25, 0.3) is 0 Å². The van der Waals surface area contributed by atoms with Crippen LogP contribution in [0.3, 0.4) is 0 Å². The normalized spacial score (nSPS) is 11.2. The van der Waals surface area contributed by atoms with Gasteiger partial charge >= 0.3 is 5.97 Å². The third kappa shape index (κ3) is 2.20. The predicted octanol–water partition coefficient (Wildman–Crippen LogP) is 2.16. The molecule has 0 bridgehead atoms. The zero-order valence-electron chi connectivity index (χ0n) is 10.3. The second-order valence-corrected chi connectivity index (χ2v) is 3.74. The lowest BCUT2D eigenvalue weighted by atomic mass is 10.3. The molecule has 0 atom stereocenters. The van der Waals surface area contributed by atoms with Crippen molar-refractivity contribution in [3.05, 3.63) is 30.1 Å². The van der Waals surface area contributed by atoms with Crippen molar-refractivity contribution in [1.82, 2.24) is 9.55 Å². The fraction of sp³-hybridized carbons (Fsp3) is 0.231. The van der Waals surface area contributed by atoms with Crippen LogP contribution in [0.2, 0.25) is 0 Å². The number of nitrogens with zero attached hydrogens (tertiary/aromatic N) is 2. The third-order valence-electron chi connectivity index (χ3n) is 2.68. The number of carboxylic acid groups (broad SMARTS) is 1. The van der Waals surface area contributed by atoms with Gasteiger partial charge in [0.1, 0.15) is 11.6 Å². The standard InChI is InChI=1S/C13H14N2O3/c1-3-15-11-8-9(18-2)4-5-10(11)14-12(15)6-7-13(16)17/h4-8H,3H2,1-2H3,(H,16,17)/b7-6+. The first kappa shape index (κ1) is 12.2. The first-order valence-corrected chi connectivity index (χ1v) is 5.61. The van der Waals surface area contributed by atoms with E-state index in [0.29, 0.717) is 12.4 Å². The number of fused-ring (bicyclic) bond motifs is 1. The van der Waals surface area contributed by atoms with Crippen LogP contribution in [0, 0.1) is 0 Å². The van der Waals surface area contributed by atoms with Gasteiger partial charge in [0.2, 0.25) is 0 Å². The molecule has 1 heterocycles. The van der Waals surface area contributed by atoms with Crippen molar-refractivity contribution < 1.29 is 14.6 Å². The smallest absolute Gasteiger partial charge is 0.328 e. The number of methoxy groups -OCH3 is 1. The van der Waals surface area contributed by atoms with Crippen molar-refractivity contribution in [2.24, 2.45) is 0 Å². The first-order chi connectivity index (χ1) is 8.65. The second-order valence-electron chi connectivity index (χ2n) is 3.74. The molecule has 0 unspecified atom stereocenters. The maximum atomic E-state index is 10.5. The molecule has 1 aromatic carbocycles. The van der Waals surface area contributed by atoms with Gasteiger partial charge < -0.3 is 14.4 Å². The largest absolute Gasteiger partial charge is 0.497 e. The molecule has 1 aromatic heterocycles. The number of benzene rings is 1. The number of ether oxygens (including phenoxy) is 1. The fourth-order valence-corrected chi connectivity index (χ4v) is 1.85. The Hall–Kier alpha value is -2.30. The number of aryl methyl sites for hydroxylation is 1. The van der Waals surface area contributed by atoms with Crippen LogP contribution in [0.1, 0.15) is 12.7 Å². The highest BCUT2D eigenvalue weighted by molar-refractivity contribution is 5.86. The lowest BCUT2D eigenvalue weighted by molar-refractivity contribution is -0.131. The Morgan fingerprint density at radius 2 is 2.33 bits per heavy atom. The second kappa shape index (κ2) is 4.91. The van der Waals surface area contributed by atoms with E-state index in [-0.39, 0.29) is 0 Å². The van der Waals surface area contributed by atoms with Crippen LogP contribution in [-0.4, -0.2) is 27.7 Å². The molecule has 1 N–H and O–H groups in total. The van der Waals surface area contributed by atoms with E-state index in [2.05, 4.69) is 4.98 Å². The summed E-state index contributed by atoms with van der Waals surface area (Å²) in [6, 6.07) is 5.59.